The lowest BCUT2D eigenvalue weighted by molar-refractivity contribution is -0.138. The summed E-state index contributed by atoms with van der Waals surface area (Å²) in [6, 6.07) is 0.821. The molecule has 1 fully saturated rings. The van der Waals surface area contributed by atoms with Gasteiger partial charge in [0, 0.05) is 11.6 Å². The van der Waals surface area contributed by atoms with Gasteiger partial charge in [0.25, 0.3) is 5.91 Å². The van der Waals surface area contributed by atoms with Crippen LogP contribution < -0.4 is 5.32 Å². The van der Waals surface area contributed by atoms with Crippen LogP contribution in [0, 0.1) is 0 Å². The number of rotatable bonds is 4. The molecule has 1 aromatic heterocycles. The van der Waals surface area contributed by atoms with Crippen molar-refractivity contribution in [1.29, 1.82) is 0 Å². The number of aliphatic carboxylic acids is 1. The summed E-state index contributed by atoms with van der Waals surface area (Å²) in [5.74, 6) is -1.07. The van der Waals surface area contributed by atoms with E-state index in [9.17, 15) is 9.59 Å². The van der Waals surface area contributed by atoms with Gasteiger partial charge in [-0.3, -0.25) is 14.7 Å². The molecule has 0 unspecified atom stereocenters. The lowest BCUT2D eigenvalue weighted by Gasteiger charge is -2.19. The Kier molecular flexibility index (Phi) is 4.19. The van der Waals surface area contributed by atoms with Gasteiger partial charge in [0.15, 0.2) is 0 Å². The van der Waals surface area contributed by atoms with Crippen molar-refractivity contribution in [2.45, 2.75) is 51.0 Å². The first-order valence-corrected chi connectivity index (χ1v) is 6.67. The summed E-state index contributed by atoms with van der Waals surface area (Å²) in [4.78, 5) is 22.5. The van der Waals surface area contributed by atoms with Gasteiger partial charge < -0.3 is 10.4 Å². The Balaban J connectivity index is 1.99. The Morgan fingerprint density at radius 3 is 2.74 bits per heavy atom. The van der Waals surface area contributed by atoms with Crippen molar-refractivity contribution in [2.24, 2.45) is 0 Å². The average Bonchev–Trinajstić information content (AvgIpc) is 2.89. The first-order chi connectivity index (χ1) is 9.08. The number of hydrogen-bond acceptors (Lipinski definition) is 3. The van der Waals surface area contributed by atoms with E-state index in [1.165, 1.54) is 26.2 Å². The largest absolute Gasteiger partial charge is 0.480 e. The van der Waals surface area contributed by atoms with Crippen LogP contribution in [-0.2, 0) is 4.79 Å². The third-order valence-corrected chi connectivity index (χ3v) is 3.59. The van der Waals surface area contributed by atoms with Crippen LogP contribution in [0.4, 0.5) is 0 Å². The van der Waals surface area contributed by atoms with E-state index in [0.29, 0.717) is 5.92 Å². The number of carbonyl (C=O) groups excluding carboxylic acids is 1. The van der Waals surface area contributed by atoms with E-state index in [0.717, 1.165) is 18.5 Å². The number of amides is 1. The van der Waals surface area contributed by atoms with E-state index >= 15 is 0 Å². The summed E-state index contributed by atoms with van der Waals surface area (Å²) in [6.07, 6.45) is 5.93. The predicted octanol–water partition coefficient (Wildman–Crippen LogP) is 1.66. The first-order valence-electron chi connectivity index (χ1n) is 6.67. The van der Waals surface area contributed by atoms with Gasteiger partial charge in [-0.2, -0.15) is 5.10 Å². The van der Waals surface area contributed by atoms with Gasteiger partial charge in [-0.05, 0) is 25.8 Å². The van der Waals surface area contributed by atoms with Gasteiger partial charge in [0.05, 0.1) is 0 Å². The Hall–Kier alpha value is -1.85. The van der Waals surface area contributed by atoms with Crippen LogP contribution in [0.25, 0.3) is 0 Å². The van der Waals surface area contributed by atoms with Crippen molar-refractivity contribution in [3.8, 4) is 0 Å². The lowest BCUT2D eigenvalue weighted by Crippen LogP contribution is -2.38. The minimum absolute atomic E-state index is 0.258. The second kappa shape index (κ2) is 5.86. The molecular weight excluding hydrogens is 246 g/mol. The molecule has 0 saturated heterocycles. The molecule has 1 aliphatic rings. The van der Waals surface area contributed by atoms with Crippen LogP contribution in [-0.4, -0.2) is 33.2 Å². The Morgan fingerprint density at radius 2 is 2.11 bits per heavy atom. The van der Waals surface area contributed by atoms with Gasteiger partial charge in [-0.1, -0.05) is 19.3 Å². The molecule has 104 valence electrons. The Bertz CT molecular complexity index is 463. The van der Waals surface area contributed by atoms with E-state index in [2.05, 4.69) is 15.5 Å². The van der Waals surface area contributed by atoms with Gasteiger partial charge in [0.2, 0.25) is 0 Å². The number of H-pyrrole nitrogens is 1. The molecule has 0 aliphatic heterocycles. The van der Waals surface area contributed by atoms with Crippen molar-refractivity contribution in [3.63, 3.8) is 0 Å². The van der Waals surface area contributed by atoms with Crippen molar-refractivity contribution < 1.29 is 14.7 Å². The van der Waals surface area contributed by atoms with E-state index in [1.54, 1.807) is 6.07 Å². The molecule has 0 radical (unpaired) electrons. The van der Waals surface area contributed by atoms with Gasteiger partial charge in [-0.15, -0.1) is 0 Å². The standard InChI is InChI=1S/C13H19N3O3/c1-8(13(18)19)14-12(17)11-7-10(15-16-11)9-5-3-2-4-6-9/h7-9H,2-6H2,1H3,(H,14,17)(H,15,16)(H,18,19)/t8-/m0/s1. The van der Waals surface area contributed by atoms with Crippen molar-refractivity contribution in [3.05, 3.63) is 17.5 Å². The van der Waals surface area contributed by atoms with Crippen molar-refractivity contribution in [2.75, 3.05) is 0 Å². The van der Waals surface area contributed by atoms with Crippen molar-refractivity contribution in [1.82, 2.24) is 15.5 Å². The molecule has 0 aromatic carbocycles. The highest BCUT2D eigenvalue weighted by Gasteiger charge is 2.21. The normalized spacial score (nSPS) is 17.9. The summed E-state index contributed by atoms with van der Waals surface area (Å²) in [6.45, 7) is 1.43. The SMILES string of the molecule is C[C@H](NC(=O)c1cc(C2CCCCC2)[nH]n1)C(=O)O. The zero-order valence-corrected chi connectivity index (χ0v) is 11.0. The number of aromatic nitrogens is 2. The number of aromatic amines is 1. The van der Waals surface area contributed by atoms with Crippen LogP contribution in [0.1, 0.15) is 61.1 Å². The van der Waals surface area contributed by atoms with Gasteiger partial charge in [0.1, 0.15) is 11.7 Å². The second-order valence-electron chi connectivity index (χ2n) is 5.08. The number of hydrogen-bond donors (Lipinski definition) is 3. The van der Waals surface area contributed by atoms with Crippen molar-refractivity contribution >= 4 is 11.9 Å². The molecular formula is C13H19N3O3. The fourth-order valence-corrected chi connectivity index (χ4v) is 2.41. The van der Waals surface area contributed by atoms with Gasteiger partial charge >= 0.3 is 5.97 Å². The highest BCUT2D eigenvalue weighted by Crippen LogP contribution is 2.31. The number of carboxylic acid groups (broad SMARTS) is 1. The maximum absolute atomic E-state index is 11.8. The number of carboxylic acids is 1. The minimum Gasteiger partial charge on any atom is -0.480 e. The lowest BCUT2D eigenvalue weighted by atomic mass is 9.87. The molecule has 0 spiro atoms. The molecule has 0 bridgehead atoms. The minimum atomic E-state index is -1.06. The van der Waals surface area contributed by atoms with Crippen LogP contribution in [0.15, 0.2) is 6.07 Å². The molecule has 1 atom stereocenters. The highest BCUT2D eigenvalue weighted by atomic mass is 16.4. The summed E-state index contributed by atoms with van der Waals surface area (Å²) < 4.78 is 0. The van der Waals surface area contributed by atoms with Gasteiger partial charge in [-0.25, -0.2) is 0 Å². The van der Waals surface area contributed by atoms with E-state index in [4.69, 9.17) is 5.11 Å². The van der Waals surface area contributed by atoms with E-state index in [1.807, 2.05) is 0 Å². The monoisotopic (exact) mass is 265 g/mol. The van der Waals surface area contributed by atoms with Crippen LogP contribution >= 0.6 is 0 Å². The second-order valence-corrected chi connectivity index (χ2v) is 5.08. The summed E-state index contributed by atoms with van der Waals surface area (Å²) >= 11 is 0. The molecule has 19 heavy (non-hydrogen) atoms. The molecule has 1 aromatic rings. The highest BCUT2D eigenvalue weighted by molar-refractivity contribution is 5.94. The fraction of sp³-hybridized carbons (Fsp3) is 0.615. The Labute approximate surface area is 111 Å². The zero-order chi connectivity index (χ0) is 13.8. The quantitative estimate of drug-likeness (QED) is 0.771. The third-order valence-electron chi connectivity index (χ3n) is 3.59. The maximum Gasteiger partial charge on any atom is 0.325 e. The molecule has 1 heterocycles. The zero-order valence-electron chi connectivity index (χ0n) is 11.0. The topological polar surface area (TPSA) is 95.1 Å². The summed E-state index contributed by atoms with van der Waals surface area (Å²) in [7, 11) is 0. The number of carbonyl (C=O) groups is 2. The first kappa shape index (κ1) is 13.6. The predicted molar refractivity (Wildman–Crippen MR) is 69.0 cm³/mol. The molecule has 3 N–H and O–H groups in total. The third kappa shape index (κ3) is 3.33. The number of nitrogens with one attached hydrogen (secondary N) is 2. The number of nitrogens with zero attached hydrogens (tertiary/aromatic N) is 1. The molecule has 1 amide bonds. The fourth-order valence-electron chi connectivity index (χ4n) is 2.41. The summed E-state index contributed by atoms with van der Waals surface area (Å²) in [5.41, 5.74) is 1.24. The molecule has 1 aliphatic carbocycles. The molecule has 6 nitrogen and oxygen atoms in total. The molecule has 2 rings (SSSR count). The van der Waals surface area contributed by atoms with Crippen LogP contribution in [0.3, 0.4) is 0 Å². The molecule has 1 saturated carbocycles. The van der Waals surface area contributed by atoms with E-state index in [-0.39, 0.29) is 5.69 Å². The Morgan fingerprint density at radius 1 is 1.42 bits per heavy atom. The van der Waals surface area contributed by atoms with E-state index < -0.39 is 17.9 Å². The maximum atomic E-state index is 11.8. The smallest absolute Gasteiger partial charge is 0.325 e. The summed E-state index contributed by atoms with van der Waals surface area (Å²) in [5, 5.41) is 18.0. The average molecular weight is 265 g/mol. The van der Waals surface area contributed by atoms with Crippen LogP contribution in [0.2, 0.25) is 0 Å². The molecule has 6 heteroatoms. The van der Waals surface area contributed by atoms with Crippen LogP contribution in [0.5, 0.6) is 0 Å².